The summed E-state index contributed by atoms with van der Waals surface area (Å²) in [5.41, 5.74) is 8.07. The highest BCUT2D eigenvalue weighted by molar-refractivity contribution is 14.0. The SMILES string of the molecule is CCCN=C(N)NCCc1ccc(-n2cccn2)cc1.I. The summed E-state index contributed by atoms with van der Waals surface area (Å²) in [4.78, 5) is 4.19. The molecule has 0 aliphatic rings. The highest BCUT2D eigenvalue weighted by atomic mass is 127. The molecule has 0 radical (unpaired) electrons. The van der Waals surface area contributed by atoms with Crippen molar-refractivity contribution < 1.29 is 0 Å². The topological polar surface area (TPSA) is 68.2 Å². The fourth-order valence-electron chi connectivity index (χ4n) is 1.86. The molecule has 1 aromatic carbocycles. The molecule has 2 aromatic rings. The monoisotopic (exact) mass is 399 g/mol. The van der Waals surface area contributed by atoms with E-state index in [1.807, 2.05) is 16.9 Å². The molecule has 0 aliphatic carbocycles. The number of benzene rings is 1. The Morgan fingerprint density at radius 2 is 2.10 bits per heavy atom. The highest BCUT2D eigenvalue weighted by Crippen LogP contribution is 2.08. The van der Waals surface area contributed by atoms with Gasteiger partial charge >= 0.3 is 0 Å². The van der Waals surface area contributed by atoms with Crippen LogP contribution in [0.15, 0.2) is 47.7 Å². The van der Waals surface area contributed by atoms with E-state index >= 15 is 0 Å². The first-order valence-corrected chi connectivity index (χ1v) is 6.92. The predicted octanol–water partition coefficient (Wildman–Crippen LogP) is 2.35. The molecule has 0 atom stereocenters. The Morgan fingerprint density at radius 3 is 2.71 bits per heavy atom. The van der Waals surface area contributed by atoms with E-state index in [0.29, 0.717) is 5.96 Å². The summed E-state index contributed by atoms with van der Waals surface area (Å²) < 4.78 is 1.84. The third kappa shape index (κ3) is 5.74. The van der Waals surface area contributed by atoms with Crippen molar-refractivity contribution in [3.8, 4) is 5.69 Å². The number of halogens is 1. The molecule has 0 unspecified atom stereocenters. The molecule has 3 N–H and O–H groups in total. The van der Waals surface area contributed by atoms with Gasteiger partial charge in [-0.2, -0.15) is 5.10 Å². The predicted molar refractivity (Wildman–Crippen MR) is 97.5 cm³/mol. The number of guanidine groups is 1. The van der Waals surface area contributed by atoms with Gasteiger partial charge in [0, 0.05) is 25.5 Å². The third-order valence-corrected chi connectivity index (χ3v) is 2.93. The lowest BCUT2D eigenvalue weighted by atomic mass is 10.1. The van der Waals surface area contributed by atoms with Gasteiger partial charge in [0.15, 0.2) is 5.96 Å². The van der Waals surface area contributed by atoms with Gasteiger partial charge < -0.3 is 11.1 Å². The van der Waals surface area contributed by atoms with Crippen molar-refractivity contribution in [2.45, 2.75) is 19.8 Å². The van der Waals surface area contributed by atoms with E-state index < -0.39 is 0 Å². The summed E-state index contributed by atoms with van der Waals surface area (Å²) in [6, 6.07) is 10.3. The minimum absolute atomic E-state index is 0. The number of hydrogen-bond donors (Lipinski definition) is 2. The molecule has 0 aliphatic heterocycles. The Balaban J connectivity index is 0.00000220. The van der Waals surface area contributed by atoms with E-state index in [9.17, 15) is 0 Å². The molecule has 0 saturated heterocycles. The second kappa shape index (κ2) is 9.38. The van der Waals surface area contributed by atoms with Crippen LogP contribution >= 0.6 is 24.0 Å². The maximum Gasteiger partial charge on any atom is 0.188 e. The lowest BCUT2D eigenvalue weighted by molar-refractivity contribution is 0.836. The van der Waals surface area contributed by atoms with Crippen molar-refractivity contribution in [2.24, 2.45) is 10.7 Å². The molecule has 0 fully saturated rings. The lowest BCUT2D eigenvalue weighted by Gasteiger charge is -2.07. The first-order chi connectivity index (χ1) is 9.79. The zero-order chi connectivity index (χ0) is 14.2. The summed E-state index contributed by atoms with van der Waals surface area (Å²) in [6.45, 7) is 3.65. The van der Waals surface area contributed by atoms with Crippen molar-refractivity contribution >= 4 is 29.9 Å². The molecule has 1 heterocycles. The van der Waals surface area contributed by atoms with Crippen LogP contribution < -0.4 is 11.1 Å². The largest absolute Gasteiger partial charge is 0.370 e. The molecule has 0 saturated carbocycles. The van der Waals surface area contributed by atoms with Gasteiger partial charge in [-0.25, -0.2) is 4.68 Å². The fourth-order valence-corrected chi connectivity index (χ4v) is 1.86. The zero-order valence-electron chi connectivity index (χ0n) is 12.2. The summed E-state index contributed by atoms with van der Waals surface area (Å²) in [7, 11) is 0. The van der Waals surface area contributed by atoms with Gasteiger partial charge in [-0.3, -0.25) is 4.99 Å². The Morgan fingerprint density at radius 1 is 1.33 bits per heavy atom. The third-order valence-electron chi connectivity index (χ3n) is 2.93. The van der Waals surface area contributed by atoms with Crippen LogP contribution in [0.1, 0.15) is 18.9 Å². The number of nitrogens with zero attached hydrogens (tertiary/aromatic N) is 3. The van der Waals surface area contributed by atoms with E-state index in [0.717, 1.165) is 31.6 Å². The van der Waals surface area contributed by atoms with Gasteiger partial charge in [0.25, 0.3) is 0 Å². The number of aromatic nitrogens is 2. The number of rotatable bonds is 6. The van der Waals surface area contributed by atoms with Crippen LogP contribution in [0.3, 0.4) is 0 Å². The molecule has 21 heavy (non-hydrogen) atoms. The van der Waals surface area contributed by atoms with Crippen molar-refractivity contribution in [3.63, 3.8) is 0 Å². The standard InChI is InChI=1S/C15H21N5.HI/c1-2-9-17-15(16)18-11-8-13-4-6-14(7-5-13)20-12-3-10-19-20;/h3-7,10,12H,2,8-9,11H2,1H3,(H3,16,17,18);1H. The van der Waals surface area contributed by atoms with Crippen molar-refractivity contribution in [2.75, 3.05) is 13.1 Å². The Labute approximate surface area is 142 Å². The van der Waals surface area contributed by atoms with E-state index in [1.54, 1.807) is 6.20 Å². The summed E-state index contributed by atoms with van der Waals surface area (Å²) in [5, 5.41) is 7.32. The molecular weight excluding hydrogens is 377 g/mol. The maximum absolute atomic E-state index is 5.74. The van der Waals surface area contributed by atoms with Crippen molar-refractivity contribution in [1.29, 1.82) is 0 Å². The van der Waals surface area contributed by atoms with Crippen LogP contribution in [0.5, 0.6) is 0 Å². The smallest absolute Gasteiger partial charge is 0.188 e. The minimum Gasteiger partial charge on any atom is -0.370 e. The Hall–Kier alpha value is -1.57. The van der Waals surface area contributed by atoms with Crippen LogP contribution in [0.2, 0.25) is 0 Å². The van der Waals surface area contributed by atoms with Gasteiger partial charge in [0.1, 0.15) is 0 Å². The van der Waals surface area contributed by atoms with Crippen LogP contribution in [0, 0.1) is 0 Å². The quantitative estimate of drug-likeness (QED) is 0.445. The molecule has 5 nitrogen and oxygen atoms in total. The van der Waals surface area contributed by atoms with Gasteiger partial charge in [-0.1, -0.05) is 19.1 Å². The Kier molecular flexibility index (Phi) is 7.81. The van der Waals surface area contributed by atoms with Crippen LogP contribution in [0.25, 0.3) is 5.69 Å². The van der Waals surface area contributed by atoms with Crippen LogP contribution in [0.4, 0.5) is 0 Å². The van der Waals surface area contributed by atoms with Crippen molar-refractivity contribution in [3.05, 3.63) is 48.3 Å². The molecule has 0 amide bonds. The number of nitrogens with two attached hydrogens (primary N) is 1. The number of nitrogens with one attached hydrogen (secondary N) is 1. The minimum atomic E-state index is 0. The number of hydrogen-bond acceptors (Lipinski definition) is 2. The molecule has 6 heteroatoms. The average Bonchev–Trinajstić information content (AvgIpc) is 3.00. The first kappa shape index (κ1) is 17.5. The highest BCUT2D eigenvalue weighted by Gasteiger charge is 1.98. The van der Waals surface area contributed by atoms with Gasteiger partial charge in [0.05, 0.1) is 5.69 Å². The van der Waals surface area contributed by atoms with E-state index in [-0.39, 0.29) is 24.0 Å². The molecule has 0 bridgehead atoms. The summed E-state index contributed by atoms with van der Waals surface area (Å²) in [6.07, 6.45) is 5.64. The normalized spacial score (nSPS) is 11.0. The average molecular weight is 399 g/mol. The van der Waals surface area contributed by atoms with E-state index in [4.69, 9.17) is 5.73 Å². The number of aliphatic imine (C=N–C) groups is 1. The summed E-state index contributed by atoms with van der Waals surface area (Å²) >= 11 is 0. The summed E-state index contributed by atoms with van der Waals surface area (Å²) in [5.74, 6) is 0.528. The van der Waals surface area contributed by atoms with Gasteiger partial charge in [0.2, 0.25) is 0 Å². The van der Waals surface area contributed by atoms with E-state index in [2.05, 4.69) is 46.6 Å². The molecule has 114 valence electrons. The fraction of sp³-hybridized carbons (Fsp3) is 0.333. The molecular formula is C15H22IN5. The second-order valence-electron chi connectivity index (χ2n) is 4.56. The van der Waals surface area contributed by atoms with Crippen LogP contribution in [-0.2, 0) is 6.42 Å². The molecule has 0 spiro atoms. The Bertz CT molecular complexity index is 534. The molecule has 2 rings (SSSR count). The van der Waals surface area contributed by atoms with Crippen LogP contribution in [-0.4, -0.2) is 28.8 Å². The van der Waals surface area contributed by atoms with Crippen molar-refractivity contribution in [1.82, 2.24) is 15.1 Å². The zero-order valence-corrected chi connectivity index (χ0v) is 14.5. The van der Waals surface area contributed by atoms with E-state index in [1.165, 1.54) is 5.56 Å². The lowest BCUT2D eigenvalue weighted by Crippen LogP contribution is -2.33. The molecule has 1 aromatic heterocycles. The van der Waals surface area contributed by atoms with Gasteiger partial charge in [-0.15, -0.1) is 24.0 Å². The maximum atomic E-state index is 5.74. The van der Waals surface area contributed by atoms with Gasteiger partial charge in [-0.05, 0) is 36.6 Å². The second-order valence-corrected chi connectivity index (χ2v) is 4.56. The first-order valence-electron chi connectivity index (χ1n) is 6.92.